The van der Waals surface area contributed by atoms with E-state index in [0.29, 0.717) is 22.3 Å². The third kappa shape index (κ3) is 4.49. The monoisotopic (exact) mass is 420 g/mol. The van der Waals surface area contributed by atoms with Gasteiger partial charge in [-0.3, -0.25) is 9.59 Å². The molecular weight excluding hydrogens is 397 g/mol. The van der Waals surface area contributed by atoms with Crippen LogP contribution in [0.4, 0.5) is 11.4 Å². The van der Waals surface area contributed by atoms with Crippen molar-refractivity contribution in [2.24, 2.45) is 0 Å². The van der Waals surface area contributed by atoms with Gasteiger partial charge in [0.25, 0.3) is 11.8 Å². The number of fused-ring (bicyclic) bond motifs is 1. The first-order valence-electron chi connectivity index (χ1n) is 9.34. The number of hydrogen-bond donors (Lipinski definition) is 2. The number of benzene rings is 2. The molecule has 0 aliphatic carbocycles. The van der Waals surface area contributed by atoms with Crippen molar-refractivity contribution in [3.63, 3.8) is 0 Å². The molecule has 2 amide bonds. The molecule has 1 aliphatic heterocycles. The lowest BCUT2D eigenvalue weighted by Crippen LogP contribution is -3.15. The Balaban J connectivity index is 1.65. The Morgan fingerprint density at radius 3 is 2.54 bits per heavy atom. The molecule has 0 spiro atoms. The van der Waals surface area contributed by atoms with Crippen molar-refractivity contribution in [1.29, 1.82) is 0 Å². The van der Waals surface area contributed by atoms with E-state index in [1.54, 1.807) is 18.2 Å². The third-order valence-corrected chi connectivity index (χ3v) is 5.78. The van der Waals surface area contributed by atoms with E-state index in [1.165, 1.54) is 5.56 Å². The maximum atomic E-state index is 13.1. The molecule has 2 atom stereocenters. The number of amides is 2. The van der Waals surface area contributed by atoms with E-state index in [4.69, 9.17) is 23.2 Å². The zero-order chi connectivity index (χ0) is 20.3. The number of hydrogen-bond acceptors (Lipinski definition) is 2. The number of para-hydroxylation sites is 2. The van der Waals surface area contributed by atoms with Crippen LogP contribution in [0.5, 0.6) is 0 Å². The predicted octanol–water partition coefficient (Wildman–Crippen LogP) is 2.81. The highest BCUT2D eigenvalue weighted by Gasteiger charge is 2.31. The molecule has 5 nitrogen and oxygen atoms in total. The van der Waals surface area contributed by atoms with E-state index in [1.807, 2.05) is 37.1 Å². The number of nitrogens with one attached hydrogen (secondary N) is 2. The number of rotatable bonds is 5. The fraction of sp³-hybridized carbons (Fsp3) is 0.333. The van der Waals surface area contributed by atoms with Gasteiger partial charge in [0.05, 0.1) is 22.8 Å². The Bertz CT molecular complexity index is 867. The first-order chi connectivity index (χ1) is 13.4. The topological polar surface area (TPSA) is 53.9 Å². The first kappa shape index (κ1) is 20.6. The number of nitrogens with zero attached hydrogens (tertiary/aromatic N) is 1. The van der Waals surface area contributed by atoms with Gasteiger partial charge in [-0.1, -0.05) is 47.5 Å². The van der Waals surface area contributed by atoms with Crippen molar-refractivity contribution in [3.05, 3.63) is 58.1 Å². The highest BCUT2D eigenvalue weighted by Crippen LogP contribution is 2.29. The quantitative estimate of drug-likeness (QED) is 0.780. The number of halogens is 2. The molecule has 7 heteroatoms. The van der Waals surface area contributed by atoms with Crippen molar-refractivity contribution >= 4 is 46.4 Å². The van der Waals surface area contributed by atoms with Crippen LogP contribution in [0, 0.1) is 0 Å². The summed E-state index contributed by atoms with van der Waals surface area (Å²) in [6, 6.07) is 12.7. The number of carbonyl (C=O) groups is 2. The van der Waals surface area contributed by atoms with Gasteiger partial charge in [-0.2, -0.15) is 0 Å². The summed E-state index contributed by atoms with van der Waals surface area (Å²) in [7, 11) is 1.84. The van der Waals surface area contributed by atoms with Crippen LogP contribution in [-0.2, 0) is 16.0 Å². The summed E-state index contributed by atoms with van der Waals surface area (Å²) in [5.41, 5.74) is 2.57. The first-order valence-corrected chi connectivity index (χ1v) is 10.1. The fourth-order valence-corrected chi connectivity index (χ4v) is 3.91. The second-order valence-electron chi connectivity index (χ2n) is 7.11. The summed E-state index contributed by atoms with van der Waals surface area (Å²) in [5.74, 6) is -0.223. The lowest BCUT2D eigenvalue weighted by molar-refractivity contribution is -0.885. The number of anilines is 2. The molecule has 2 N–H and O–H groups in total. The average Bonchev–Trinajstić information content (AvgIpc) is 2.69. The summed E-state index contributed by atoms with van der Waals surface area (Å²) >= 11 is 12.2. The molecule has 0 bridgehead atoms. The fourth-order valence-electron chi connectivity index (χ4n) is 3.41. The summed E-state index contributed by atoms with van der Waals surface area (Å²) in [5, 5.41) is 3.51. The number of likely N-dealkylation sites (N-methyl/N-ethyl adjacent to an activating group) is 1. The maximum absolute atomic E-state index is 13.1. The summed E-state index contributed by atoms with van der Waals surface area (Å²) in [6.07, 6.45) is 1.93. The molecule has 1 aliphatic rings. The largest absolute Gasteiger partial charge is 0.320 e. The standard InChI is InChI=1S/C21H23Cl2N3O2/c1-14(21(28)26-12-6-8-15-7-3-4-11-18(15)26)25(2)13-19(27)24-20-16(22)9-5-10-17(20)23/h3-5,7,9-11,14H,6,8,12-13H2,1-2H3,(H,24,27)/p+1/t14-/m1/s1. The van der Waals surface area contributed by atoms with Crippen LogP contribution >= 0.6 is 23.2 Å². The number of quaternary nitrogens is 1. The van der Waals surface area contributed by atoms with Gasteiger partial charge in [-0.05, 0) is 43.5 Å². The van der Waals surface area contributed by atoms with Crippen LogP contribution in [0.2, 0.25) is 10.0 Å². The Labute approximate surface area is 175 Å². The van der Waals surface area contributed by atoms with Crippen LogP contribution in [0.25, 0.3) is 0 Å². The van der Waals surface area contributed by atoms with Gasteiger partial charge in [0.1, 0.15) is 0 Å². The molecule has 0 radical (unpaired) electrons. The summed E-state index contributed by atoms with van der Waals surface area (Å²) in [4.78, 5) is 28.2. The average molecular weight is 421 g/mol. The van der Waals surface area contributed by atoms with Gasteiger partial charge in [0.15, 0.2) is 12.6 Å². The SMILES string of the molecule is C[C@H](C(=O)N1CCCc2ccccc21)[NH+](C)CC(=O)Nc1c(Cl)cccc1Cl. The summed E-state index contributed by atoms with van der Waals surface area (Å²) in [6.45, 7) is 2.68. The molecule has 1 heterocycles. The Morgan fingerprint density at radius 2 is 1.82 bits per heavy atom. The van der Waals surface area contributed by atoms with Crippen molar-refractivity contribution in [2.45, 2.75) is 25.8 Å². The van der Waals surface area contributed by atoms with Gasteiger partial charge < -0.3 is 15.1 Å². The zero-order valence-electron chi connectivity index (χ0n) is 16.0. The molecule has 3 rings (SSSR count). The minimum atomic E-state index is -0.362. The molecule has 28 heavy (non-hydrogen) atoms. The number of aryl methyl sites for hydroxylation is 1. The molecule has 0 saturated carbocycles. The molecule has 0 fully saturated rings. The van der Waals surface area contributed by atoms with E-state index in [-0.39, 0.29) is 24.4 Å². The highest BCUT2D eigenvalue weighted by atomic mass is 35.5. The van der Waals surface area contributed by atoms with Crippen molar-refractivity contribution in [1.82, 2.24) is 0 Å². The van der Waals surface area contributed by atoms with Gasteiger partial charge in [0.2, 0.25) is 0 Å². The highest BCUT2D eigenvalue weighted by molar-refractivity contribution is 6.39. The molecule has 2 aromatic carbocycles. The normalized spacial score (nSPS) is 15.5. The van der Waals surface area contributed by atoms with E-state index in [0.717, 1.165) is 23.4 Å². The van der Waals surface area contributed by atoms with Gasteiger partial charge in [-0.25, -0.2) is 0 Å². The minimum absolute atomic E-state index is 0.0215. The van der Waals surface area contributed by atoms with Crippen molar-refractivity contribution in [2.75, 3.05) is 30.4 Å². The lowest BCUT2D eigenvalue weighted by atomic mass is 10.0. The second-order valence-corrected chi connectivity index (χ2v) is 7.93. The molecular formula is C21H24Cl2N3O2+. The predicted molar refractivity (Wildman–Crippen MR) is 113 cm³/mol. The van der Waals surface area contributed by atoms with Crippen LogP contribution < -0.4 is 15.1 Å². The molecule has 2 aromatic rings. The maximum Gasteiger partial charge on any atom is 0.284 e. The Morgan fingerprint density at radius 1 is 1.14 bits per heavy atom. The lowest BCUT2D eigenvalue weighted by Gasteiger charge is -2.32. The molecule has 1 unspecified atom stereocenters. The third-order valence-electron chi connectivity index (χ3n) is 5.15. The van der Waals surface area contributed by atoms with E-state index in [9.17, 15) is 9.59 Å². The van der Waals surface area contributed by atoms with Gasteiger partial charge in [-0.15, -0.1) is 0 Å². The van der Waals surface area contributed by atoms with E-state index < -0.39 is 0 Å². The van der Waals surface area contributed by atoms with Crippen molar-refractivity contribution in [3.8, 4) is 0 Å². The Kier molecular flexibility index (Phi) is 6.60. The summed E-state index contributed by atoms with van der Waals surface area (Å²) < 4.78 is 0. The minimum Gasteiger partial charge on any atom is -0.320 e. The van der Waals surface area contributed by atoms with Crippen LogP contribution in [0.1, 0.15) is 18.9 Å². The van der Waals surface area contributed by atoms with Crippen LogP contribution in [-0.4, -0.2) is 38.0 Å². The number of carbonyl (C=O) groups excluding carboxylic acids is 2. The molecule has 148 valence electrons. The second kappa shape index (κ2) is 8.95. The molecule has 0 aromatic heterocycles. The smallest absolute Gasteiger partial charge is 0.284 e. The molecule has 0 saturated heterocycles. The van der Waals surface area contributed by atoms with Crippen LogP contribution in [0.3, 0.4) is 0 Å². The zero-order valence-corrected chi connectivity index (χ0v) is 17.5. The van der Waals surface area contributed by atoms with E-state index >= 15 is 0 Å². The van der Waals surface area contributed by atoms with Crippen LogP contribution in [0.15, 0.2) is 42.5 Å². The Hall–Kier alpha value is -2.08. The van der Waals surface area contributed by atoms with Crippen molar-refractivity contribution < 1.29 is 14.5 Å². The van der Waals surface area contributed by atoms with Gasteiger partial charge in [0, 0.05) is 12.2 Å². The van der Waals surface area contributed by atoms with E-state index in [2.05, 4.69) is 11.4 Å². The van der Waals surface area contributed by atoms with Gasteiger partial charge >= 0.3 is 0 Å².